The molecule has 0 unspecified atom stereocenters. The fourth-order valence-corrected chi connectivity index (χ4v) is 4.28. The van der Waals surface area contributed by atoms with Gasteiger partial charge in [-0.2, -0.15) is 0 Å². The summed E-state index contributed by atoms with van der Waals surface area (Å²) in [5, 5.41) is 4.17. The fourth-order valence-electron chi connectivity index (χ4n) is 3.24. The maximum absolute atomic E-state index is 13.1. The highest BCUT2D eigenvalue weighted by molar-refractivity contribution is 7.98. The molecule has 0 saturated heterocycles. The fraction of sp³-hybridized carbons (Fsp3) is 0.125. The number of thioether (sulfide) groups is 1. The zero-order valence-corrected chi connectivity index (χ0v) is 16.7. The highest BCUT2D eigenvalue weighted by Crippen LogP contribution is 2.32. The summed E-state index contributed by atoms with van der Waals surface area (Å²) in [6, 6.07) is 24.1. The number of carbonyl (C=O) groups excluding carboxylic acids is 1. The average Bonchev–Trinajstić information content (AvgIpc) is 3.12. The van der Waals surface area contributed by atoms with E-state index in [1.807, 2.05) is 54.6 Å². The zero-order chi connectivity index (χ0) is 20.1. The van der Waals surface area contributed by atoms with Crippen molar-refractivity contribution in [3.05, 3.63) is 102 Å². The van der Waals surface area contributed by atoms with Crippen LogP contribution in [0.4, 0.5) is 4.39 Å². The maximum Gasteiger partial charge on any atom is 0.251 e. The molecule has 3 aromatic carbocycles. The van der Waals surface area contributed by atoms with Crippen molar-refractivity contribution < 1.29 is 9.18 Å². The molecule has 1 amide bonds. The molecule has 0 fully saturated rings. The minimum absolute atomic E-state index is 0.0621. The van der Waals surface area contributed by atoms with Crippen molar-refractivity contribution in [2.45, 2.75) is 17.2 Å². The van der Waals surface area contributed by atoms with Crippen molar-refractivity contribution in [2.24, 2.45) is 0 Å². The van der Waals surface area contributed by atoms with Crippen LogP contribution in [0.2, 0.25) is 0 Å². The zero-order valence-electron chi connectivity index (χ0n) is 15.8. The number of para-hydroxylation sites is 1. The molecule has 1 heterocycles. The van der Waals surface area contributed by atoms with Gasteiger partial charge < -0.3 is 9.88 Å². The summed E-state index contributed by atoms with van der Waals surface area (Å²) in [4.78, 5) is 13.4. The predicted octanol–water partition coefficient (Wildman–Crippen LogP) is 5.50. The topological polar surface area (TPSA) is 34.0 Å². The molecular weight excluding hydrogens is 383 g/mol. The lowest BCUT2D eigenvalue weighted by molar-refractivity contribution is 0.0952. The summed E-state index contributed by atoms with van der Waals surface area (Å²) in [6.07, 6.45) is 2.13. The summed E-state index contributed by atoms with van der Waals surface area (Å²) in [5.74, 6) is 0.500. The van der Waals surface area contributed by atoms with E-state index in [1.54, 1.807) is 11.8 Å². The second-order valence-corrected chi connectivity index (χ2v) is 7.76. The molecule has 0 bridgehead atoms. The summed E-state index contributed by atoms with van der Waals surface area (Å²) in [7, 11) is 0. The smallest absolute Gasteiger partial charge is 0.251 e. The summed E-state index contributed by atoms with van der Waals surface area (Å²) < 4.78 is 15.3. The van der Waals surface area contributed by atoms with Crippen LogP contribution in [0.1, 0.15) is 15.9 Å². The van der Waals surface area contributed by atoms with E-state index in [0.29, 0.717) is 18.7 Å². The minimum Gasteiger partial charge on any atom is -0.350 e. The molecule has 0 saturated carbocycles. The monoisotopic (exact) mass is 404 g/mol. The number of nitrogens with zero attached hydrogens (tertiary/aromatic N) is 1. The van der Waals surface area contributed by atoms with Crippen molar-refractivity contribution >= 4 is 28.6 Å². The Morgan fingerprint density at radius 3 is 2.45 bits per heavy atom. The van der Waals surface area contributed by atoms with Gasteiger partial charge in [-0.25, -0.2) is 4.39 Å². The van der Waals surface area contributed by atoms with Crippen molar-refractivity contribution in [3.8, 4) is 0 Å². The van der Waals surface area contributed by atoms with Gasteiger partial charge in [0.25, 0.3) is 5.91 Å². The van der Waals surface area contributed by atoms with Crippen LogP contribution in [0.5, 0.6) is 0 Å². The van der Waals surface area contributed by atoms with Crippen LogP contribution in [0.25, 0.3) is 10.9 Å². The van der Waals surface area contributed by atoms with Crippen LogP contribution in [-0.4, -0.2) is 17.0 Å². The van der Waals surface area contributed by atoms with Gasteiger partial charge in [0, 0.05) is 46.4 Å². The van der Waals surface area contributed by atoms with E-state index in [4.69, 9.17) is 0 Å². The van der Waals surface area contributed by atoms with Gasteiger partial charge in [-0.05, 0) is 35.9 Å². The van der Waals surface area contributed by atoms with Gasteiger partial charge in [0.2, 0.25) is 0 Å². The molecule has 3 nitrogen and oxygen atoms in total. The standard InChI is InChI=1S/C24H21FN2OS/c25-20-12-10-18(11-13-20)17-29-23-16-27(22-9-5-4-8-21(22)23)15-14-26-24(28)19-6-2-1-3-7-19/h1-13,16H,14-15,17H2,(H,26,28). The number of halogens is 1. The Morgan fingerprint density at radius 2 is 1.66 bits per heavy atom. The number of nitrogens with one attached hydrogen (secondary N) is 1. The molecule has 0 radical (unpaired) electrons. The number of fused-ring (bicyclic) bond motifs is 1. The average molecular weight is 405 g/mol. The van der Waals surface area contributed by atoms with Gasteiger partial charge in [0.1, 0.15) is 5.82 Å². The third kappa shape index (κ3) is 4.69. The first-order valence-electron chi connectivity index (χ1n) is 9.49. The van der Waals surface area contributed by atoms with Crippen molar-refractivity contribution in [1.29, 1.82) is 0 Å². The van der Waals surface area contributed by atoms with Crippen molar-refractivity contribution in [1.82, 2.24) is 9.88 Å². The first-order chi connectivity index (χ1) is 14.2. The van der Waals surface area contributed by atoms with Gasteiger partial charge in [0.15, 0.2) is 0 Å². The van der Waals surface area contributed by atoms with Gasteiger partial charge in [-0.1, -0.05) is 48.5 Å². The Balaban J connectivity index is 1.44. The molecule has 0 aliphatic heterocycles. The molecule has 4 rings (SSSR count). The van der Waals surface area contributed by atoms with Crippen LogP contribution in [0, 0.1) is 5.82 Å². The molecule has 5 heteroatoms. The van der Waals surface area contributed by atoms with Gasteiger partial charge in [-0.15, -0.1) is 11.8 Å². The Bertz CT molecular complexity index is 1110. The van der Waals surface area contributed by atoms with Crippen LogP contribution in [-0.2, 0) is 12.3 Å². The third-order valence-electron chi connectivity index (χ3n) is 4.73. The summed E-state index contributed by atoms with van der Waals surface area (Å²) >= 11 is 1.74. The molecule has 1 aromatic heterocycles. The lowest BCUT2D eigenvalue weighted by Gasteiger charge is -2.07. The predicted molar refractivity (Wildman–Crippen MR) is 117 cm³/mol. The van der Waals surface area contributed by atoms with Crippen LogP contribution in [0.3, 0.4) is 0 Å². The lowest BCUT2D eigenvalue weighted by atomic mass is 10.2. The Hall–Kier alpha value is -3.05. The summed E-state index contributed by atoms with van der Waals surface area (Å²) in [5.41, 5.74) is 2.90. The van der Waals surface area contributed by atoms with Crippen LogP contribution in [0.15, 0.2) is 90.0 Å². The summed E-state index contributed by atoms with van der Waals surface area (Å²) in [6.45, 7) is 1.24. The number of amides is 1. The van der Waals surface area contributed by atoms with E-state index in [9.17, 15) is 9.18 Å². The molecular formula is C24H21FN2OS. The normalized spacial score (nSPS) is 10.9. The molecule has 0 atom stereocenters. The highest BCUT2D eigenvalue weighted by atomic mass is 32.2. The molecule has 146 valence electrons. The van der Waals surface area contributed by atoms with Gasteiger partial charge in [-0.3, -0.25) is 4.79 Å². The number of hydrogen-bond acceptors (Lipinski definition) is 2. The molecule has 29 heavy (non-hydrogen) atoms. The van der Waals surface area contributed by atoms with Crippen LogP contribution < -0.4 is 5.32 Å². The molecule has 0 aliphatic rings. The first kappa shape index (κ1) is 19.3. The number of aromatic nitrogens is 1. The second-order valence-electron chi connectivity index (χ2n) is 6.74. The van der Waals surface area contributed by atoms with Crippen molar-refractivity contribution in [3.63, 3.8) is 0 Å². The Kier molecular flexibility index (Phi) is 5.96. The number of benzene rings is 3. The van der Waals surface area contributed by atoms with E-state index >= 15 is 0 Å². The minimum atomic E-state index is -0.215. The number of hydrogen-bond donors (Lipinski definition) is 1. The first-order valence-corrected chi connectivity index (χ1v) is 10.5. The second kappa shape index (κ2) is 8.97. The van der Waals surface area contributed by atoms with Crippen LogP contribution >= 0.6 is 11.8 Å². The highest BCUT2D eigenvalue weighted by Gasteiger charge is 2.10. The number of rotatable bonds is 7. The van der Waals surface area contributed by atoms with Crippen molar-refractivity contribution in [2.75, 3.05) is 6.54 Å². The molecule has 1 N–H and O–H groups in total. The Morgan fingerprint density at radius 1 is 0.931 bits per heavy atom. The number of carbonyl (C=O) groups is 1. The van der Waals surface area contributed by atoms with E-state index in [2.05, 4.69) is 28.2 Å². The van der Waals surface area contributed by atoms with E-state index in [-0.39, 0.29) is 11.7 Å². The van der Waals surface area contributed by atoms with E-state index in [1.165, 1.54) is 22.4 Å². The van der Waals surface area contributed by atoms with Gasteiger partial charge in [0.05, 0.1) is 0 Å². The van der Waals surface area contributed by atoms with E-state index in [0.717, 1.165) is 16.8 Å². The third-order valence-corrected chi connectivity index (χ3v) is 5.85. The maximum atomic E-state index is 13.1. The molecule has 0 spiro atoms. The van der Waals surface area contributed by atoms with E-state index < -0.39 is 0 Å². The quantitative estimate of drug-likeness (QED) is 0.413. The molecule has 0 aliphatic carbocycles. The lowest BCUT2D eigenvalue weighted by Crippen LogP contribution is -2.26. The largest absolute Gasteiger partial charge is 0.350 e. The van der Waals surface area contributed by atoms with Gasteiger partial charge >= 0.3 is 0 Å². The SMILES string of the molecule is O=C(NCCn1cc(SCc2ccc(F)cc2)c2ccccc21)c1ccccc1. The Labute approximate surface area is 173 Å². The molecule has 4 aromatic rings.